The van der Waals surface area contributed by atoms with Crippen LogP contribution in [0.25, 0.3) is 0 Å². The van der Waals surface area contributed by atoms with Gasteiger partial charge in [0.25, 0.3) is 0 Å². The molecule has 3 N–H and O–H groups in total. The third-order valence-electron chi connectivity index (χ3n) is 3.61. The Balaban J connectivity index is 1.86. The van der Waals surface area contributed by atoms with E-state index in [4.69, 9.17) is 16.7 Å². The molecule has 6 heteroatoms. The number of carbonyl (C=O) groups is 2. The number of aliphatic carboxylic acids is 1. The van der Waals surface area contributed by atoms with Crippen molar-refractivity contribution < 1.29 is 14.7 Å². The summed E-state index contributed by atoms with van der Waals surface area (Å²) in [6, 6.07) is 6.64. The number of hydrogen-bond donors (Lipinski definition) is 3. The number of benzene rings is 1. The molecule has 1 saturated carbocycles. The van der Waals surface area contributed by atoms with E-state index in [9.17, 15) is 9.59 Å². The van der Waals surface area contributed by atoms with Crippen LogP contribution in [0.15, 0.2) is 24.3 Å². The van der Waals surface area contributed by atoms with Gasteiger partial charge in [0, 0.05) is 11.6 Å². The Morgan fingerprint density at radius 3 is 2.60 bits per heavy atom. The molecule has 108 valence electrons. The van der Waals surface area contributed by atoms with Gasteiger partial charge >= 0.3 is 12.0 Å². The highest BCUT2D eigenvalue weighted by Gasteiger charge is 2.50. The van der Waals surface area contributed by atoms with Crippen molar-refractivity contribution in [3.05, 3.63) is 34.9 Å². The zero-order valence-electron chi connectivity index (χ0n) is 11.1. The highest BCUT2D eigenvalue weighted by molar-refractivity contribution is 6.31. The molecule has 0 aromatic heterocycles. The Morgan fingerprint density at radius 2 is 2.05 bits per heavy atom. The number of carboxylic acids is 1. The summed E-state index contributed by atoms with van der Waals surface area (Å²) in [5.41, 5.74) is 0.0639. The van der Waals surface area contributed by atoms with Crippen molar-refractivity contribution in [2.45, 2.75) is 25.8 Å². The number of carboxylic acid groups (broad SMARTS) is 1. The third kappa shape index (κ3) is 3.22. The summed E-state index contributed by atoms with van der Waals surface area (Å²) in [6.07, 6.45) is 1.23. The predicted molar refractivity (Wildman–Crippen MR) is 75.7 cm³/mol. The van der Waals surface area contributed by atoms with E-state index >= 15 is 0 Å². The van der Waals surface area contributed by atoms with Crippen LogP contribution in [-0.2, 0) is 4.79 Å². The number of amides is 2. The number of hydrogen-bond acceptors (Lipinski definition) is 2. The molecule has 1 aromatic carbocycles. The largest absolute Gasteiger partial charge is 0.481 e. The zero-order chi connectivity index (χ0) is 14.8. The standard InChI is InChI=1S/C14H17ClN2O3/c1-9(10-4-2-3-5-11(10)15)17-13(20)16-8-14(6-7-14)12(18)19/h2-5,9H,6-8H2,1H3,(H,18,19)(H2,16,17,20). The van der Waals surface area contributed by atoms with Crippen LogP contribution < -0.4 is 10.6 Å². The van der Waals surface area contributed by atoms with E-state index in [1.807, 2.05) is 25.1 Å². The Bertz CT molecular complexity index is 529. The first-order valence-electron chi connectivity index (χ1n) is 6.47. The van der Waals surface area contributed by atoms with Crippen molar-refractivity contribution in [2.24, 2.45) is 5.41 Å². The molecule has 1 unspecified atom stereocenters. The van der Waals surface area contributed by atoms with Crippen molar-refractivity contribution in [3.63, 3.8) is 0 Å². The van der Waals surface area contributed by atoms with Crippen LogP contribution in [0.5, 0.6) is 0 Å². The third-order valence-corrected chi connectivity index (χ3v) is 3.96. The lowest BCUT2D eigenvalue weighted by Crippen LogP contribution is -2.41. The van der Waals surface area contributed by atoms with Crippen LogP contribution in [0.3, 0.4) is 0 Å². The van der Waals surface area contributed by atoms with Crippen molar-refractivity contribution in [3.8, 4) is 0 Å². The molecule has 0 saturated heterocycles. The fourth-order valence-corrected chi connectivity index (χ4v) is 2.32. The van der Waals surface area contributed by atoms with Gasteiger partial charge in [0.2, 0.25) is 0 Å². The van der Waals surface area contributed by atoms with Gasteiger partial charge in [0.05, 0.1) is 11.5 Å². The Morgan fingerprint density at radius 1 is 1.40 bits per heavy atom. The van der Waals surface area contributed by atoms with Gasteiger partial charge in [-0.25, -0.2) is 4.79 Å². The molecule has 0 spiro atoms. The fraction of sp³-hybridized carbons (Fsp3) is 0.429. The van der Waals surface area contributed by atoms with E-state index < -0.39 is 11.4 Å². The van der Waals surface area contributed by atoms with Gasteiger partial charge < -0.3 is 15.7 Å². The lowest BCUT2D eigenvalue weighted by Gasteiger charge is -2.17. The highest BCUT2D eigenvalue weighted by Crippen LogP contribution is 2.45. The average molecular weight is 297 g/mol. The average Bonchev–Trinajstić information content (AvgIpc) is 3.18. The van der Waals surface area contributed by atoms with Crippen molar-refractivity contribution in [1.29, 1.82) is 0 Å². The smallest absolute Gasteiger partial charge is 0.315 e. The number of urea groups is 1. The van der Waals surface area contributed by atoms with E-state index in [1.54, 1.807) is 6.07 Å². The molecule has 2 amide bonds. The summed E-state index contributed by atoms with van der Waals surface area (Å²) >= 11 is 6.05. The molecule has 1 fully saturated rings. The van der Waals surface area contributed by atoms with Crippen LogP contribution in [-0.4, -0.2) is 23.7 Å². The normalized spacial score (nSPS) is 17.1. The summed E-state index contributed by atoms with van der Waals surface area (Å²) < 4.78 is 0. The molecular weight excluding hydrogens is 280 g/mol. The van der Waals surface area contributed by atoms with Crippen LogP contribution in [0.1, 0.15) is 31.4 Å². The van der Waals surface area contributed by atoms with Crippen LogP contribution in [0.4, 0.5) is 4.79 Å². The minimum absolute atomic E-state index is 0.156. The maximum Gasteiger partial charge on any atom is 0.315 e. The molecule has 0 heterocycles. The van der Waals surface area contributed by atoms with E-state index in [2.05, 4.69) is 10.6 Å². The first-order chi connectivity index (χ1) is 9.44. The molecule has 0 aliphatic heterocycles. The Kier molecular flexibility index (Phi) is 4.18. The molecule has 1 aliphatic rings. The molecule has 0 bridgehead atoms. The molecule has 0 radical (unpaired) electrons. The molecule has 5 nitrogen and oxygen atoms in total. The topological polar surface area (TPSA) is 78.4 Å². The van der Waals surface area contributed by atoms with Crippen molar-refractivity contribution >= 4 is 23.6 Å². The minimum atomic E-state index is -0.850. The Labute approximate surface area is 122 Å². The lowest BCUT2D eigenvalue weighted by molar-refractivity contribution is -0.143. The summed E-state index contributed by atoms with van der Waals surface area (Å²) in [7, 11) is 0. The van der Waals surface area contributed by atoms with Crippen molar-refractivity contribution in [1.82, 2.24) is 10.6 Å². The second-order valence-electron chi connectivity index (χ2n) is 5.16. The number of halogens is 1. The number of nitrogens with one attached hydrogen (secondary N) is 2. The van der Waals surface area contributed by atoms with Crippen LogP contribution in [0.2, 0.25) is 5.02 Å². The lowest BCUT2D eigenvalue weighted by atomic mass is 10.1. The van der Waals surface area contributed by atoms with E-state index in [-0.39, 0.29) is 18.6 Å². The first kappa shape index (κ1) is 14.7. The molecule has 1 atom stereocenters. The monoisotopic (exact) mass is 296 g/mol. The quantitative estimate of drug-likeness (QED) is 0.781. The summed E-state index contributed by atoms with van der Waals surface area (Å²) in [5, 5.41) is 15.0. The van der Waals surface area contributed by atoms with Crippen molar-refractivity contribution in [2.75, 3.05) is 6.54 Å². The number of rotatable bonds is 5. The van der Waals surface area contributed by atoms with Gasteiger partial charge in [-0.15, -0.1) is 0 Å². The molecule has 2 rings (SSSR count). The maximum absolute atomic E-state index is 11.8. The van der Waals surface area contributed by atoms with Gasteiger partial charge in [-0.05, 0) is 31.4 Å². The molecular formula is C14H17ClN2O3. The zero-order valence-corrected chi connectivity index (χ0v) is 11.9. The van der Waals surface area contributed by atoms with E-state index in [1.165, 1.54) is 0 Å². The van der Waals surface area contributed by atoms with Crippen LogP contribution >= 0.6 is 11.6 Å². The molecule has 20 heavy (non-hydrogen) atoms. The van der Waals surface area contributed by atoms with Gasteiger partial charge in [-0.2, -0.15) is 0 Å². The number of carbonyl (C=O) groups excluding carboxylic acids is 1. The Hall–Kier alpha value is -1.75. The first-order valence-corrected chi connectivity index (χ1v) is 6.85. The SMILES string of the molecule is CC(NC(=O)NCC1(C(=O)O)CC1)c1ccccc1Cl. The van der Waals surface area contributed by atoms with Crippen LogP contribution in [0, 0.1) is 5.41 Å². The van der Waals surface area contributed by atoms with E-state index in [0.717, 1.165) is 5.56 Å². The second kappa shape index (κ2) is 5.71. The summed E-state index contributed by atoms with van der Waals surface area (Å²) in [6.45, 7) is 1.98. The fourth-order valence-electron chi connectivity index (χ4n) is 2.02. The highest BCUT2D eigenvalue weighted by atomic mass is 35.5. The van der Waals surface area contributed by atoms with E-state index in [0.29, 0.717) is 17.9 Å². The van der Waals surface area contributed by atoms with Gasteiger partial charge in [-0.3, -0.25) is 4.79 Å². The van der Waals surface area contributed by atoms with Gasteiger partial charge in [0.1, 0.15) is 0 Å². The summed E-state index contributed by atoms with van der Waals surface area (Å²) in [4.78, 5) is 22.8. The summed E-state index contributed by atoms with van der Waals surface area (Å²) in [5.74, 6) is -0.850. The maximum atomic E-state index is 11.8. The second-order valence-corrected chi connectivity index (χ2v) is 5.56. The van der Waals surface area contributed by atoms with Gasteiger partial charge in [0.15, 0.2) is 0 Å². The molecule has 1 aromatic rings. The van der Waals surface area contributed by atoms with Gasteiger partial charge in [-0.1, -0.05) is 29.8 Å². The molecule has 1 aliphatic carbocycles. The predicted octanol–water partition coefficient (Wildman–Crippen LogP) is 2.57. The minimum Gasteiger partial charge on any atom is -0.481 e.